The number of rotatable bonds is 9. The Balaban J connectivity index is 2.01. The number of carbonyl (C=O) groups excluding carboxylic acids is 1. The second-order valence-electron chi connectivity index (χ2n) is 7.69. The van der Waals surface area contributed by atoms with Crippen molar-refractivity contribution < 1.29 is 23.1 Å². The molecule has 0 aromatic heterocycles. The fourth-order valence-corrected chi connectivity index (χ4v) is 5.23. The Morgan fingerprint density at radius 3 is 2.43 bits per heavy atom. The Morgan fingerprint density at radius 2 is 1.90 bits per heavy atom. The maximum atomic E-state index is 12.8. The number of nitrogens with zero attached hydrogens (tertiary/aromatic N) is 1. The number of unbranched alkanes of at least 4 members (excludes halogenated alkanes) is 3. The Kier molecular flexibility index (Phi) is 8.71. The summed E-state index contributed by atoms with van der Waals surface area (Å²) in [6.45, 7) is 2.69. The minimum Gasteiger partial charge on any atom is -0.497 e. The summed E-state index contributed by atoms with van der Waals surface area (Å²) < 4.78 is 32.2. The van der Waals surface area contributed by atoms with Crippen LogP contribution in [-0.2, 0) is 14.8 Å². The molecular weight excluding hydrogens is 404 g/mol. The number of sulfonamides is 1. The van der Waals surface area contributed by atoms with Crippen LogP contribution >= 0.6 is 0 Å². The van der Waals surface area contributed by atoms with Gasteiger partial charge in [0.05, 0.1) is 7.11 Å². The zero-order valence-electron chi connectivity index (χ0n) is 17.8. The molecule has 1 aromatic carbocycles. The lowest BCUT2D eigenvalue weighted by atomic mass is 9.90. The van der Waals surface area contributed by atoms with Crippen LogP contribution in [-0.4, -0.2) is 55.3 Å². The molecule has 0 bridgehead atoms. The monoisotopic (exact) mass is 436 g/mol. The highest BCUT2D eigenvalue weighted by atomic mass is 32.2. The second-order valence-corrected chi connectivity index (χ2v) is 9.66. The van der Waals surface area contributed by atoms with Crippen LogP contribution in [0.1, 0.15) is 56.9 Å². The van der Waals surface area contributed by atoms with Gasteiger partial charge < -0.3 is 15.6 Å². The van der Waals surface area contributed by atoms with Crippen molar-refractivity contribution in [1.82, 2.24) is 4.31 Å². The van der Waals surface area contributed by atoms with E-state index in [9.17, 15) is 18.3 Å². The number of methoxy groups -OCH3 is 1. The predicted octanol–water partition coefficient (Wildman–Crippen LogP) is 2.00. The fraction of sp³-hybridized carbons (Fsp3) is 0.591. The summed E-state index contributed by atoms with van der Waals surface area (Å²) in [5, 5.41) is 10.5. The molecule has 30 heavy (non-hydrogen) atoms. The lowest BCUT2D eigenvalue weighted by molar-refractivity contribution is -0.129. The summed E-state index contributed by atoms with van der Waals surface area (Å²) in [5.41, 5.74) is 4.05. The molecule has 1 fully saturated rings. The SMILES string of the molecule is CCCCCC#CC(O)(CS(=O)(=O)N1CCC(c2ccc(OC)cc2)CC1)C(N)=O. The van der Waals surface area contributed by atoms with E-state index < -0.39 is 27.3 Å². The molecule has 1 heterocycles. The number of aliphatic hydroxyl groups is 1. The molecule has 0 radical (unpaired) electrons. The Hall–Kier alpha value is -2.08. The molecule has 7 nitrogen and oxygen atoms in total. The number of piperidine rings is 1. The molecule has 1 aliphatic rings. The number of carbonyl (C=O) groups is 1. The maximum Gasteiger partial charge on any atom is 0.263 e. The normalized spacial score (nSPS) is 17.6. The molecule has 166 valence electrons. The second kappa shape index (κ2) is 10.8. The van der Waals surface area contributed by atoms with Gasteiger partial charge in [0.25, 0.3) is 5.91 Å². The first-order chi connectivity index (χ1) is 14.2. The first kappa shape index (κ1) is 24.2. The summed E-state index contributed by atoms with van der Waals surface area (Å²) in [6.07, 6.45) is 4.61. The molecule has 1 atom stereocenters. The lowest BCUT2D eigenvalue weighted by Gasteiger charge is -2.32. The van der Waals surface area contributed by atoms with Crippen molar-refractivity contribution in [3.63, 3.8) is 0 Å². The van der Waals surface area contributed by atoms with Gasteiger partial charge in [-0.05, 0) is 42.9 Å². The number of primary amides is 1. The van der Waals surface area contributed by atoms with Gasteiger partial charge in [-0.1, -0.05) is 43.7 Å². The van der Waals surface area contributed by atoms with E-state index in [2.05, 4.69) is 18.8 Å². The zero-order chi connectivity index (χ0) is 22.2. The van der Waals surface area contributed by atoms with Crippen LogP contribution in [0.15, 0.2) is 24.3 Å². The summed E-state index contributed by atoms with van der Waals surface area (Å²) in [6, 6.07) is 7.77. The number of ether oxygens (including phenoxy) is 1. The Bertz CT molecular complexity index is 865. The van der Waals surface area contributed by atoms with Crippen LogP contribution in [0.25, 0.3) is 0 Å². The van der Waals surface area contributed by atoms with Gasteiger partial charge in [-0.15, -0.1) is 0 Å². The van der Waals surface area contributed by atoms with Gasteiger partial charge >= 0.3 is 0 Å². The molecular formula is C22H32N2O5S. The van der Waals surface area contributed by atoms with Gasteiger partial charge in [0, 0.05) is 19.5 Å². The van der Waals surface area contributed by atoms with Crippen LogP contribution in [0.3, 0.4) is 0 Å². The highest BCUT2D eigenvalue weighted by Gasteiger charge is 2.41. The van der Waals surface area contributed by atoms with E-state index in [0.29, 0.717) is 32.4 Å². The molecule has 1 amide bonds. The van der Waals surface area contributed by atoms with Crippen molar-refractivity contribution >= 4 is 15.9 Å². The van der Waals surface area contributed by atoms with Crippen LogP contribution in [0.4, 0.5) is 0 Å². The largest absolute Gasteiger partial charge is 0.497 e. The van der Waals surface area contributed by atoms with Crippen molar-refractivity contribution in [2.45, 2.75) is 57.0 Å². The van der Waals surface area contributed by atoms with E-state index in [4.69, 9.17) is 10.5 Å². The summed E-state index contributed by atoms with van der Waals surface area (Å²) in [4.78, 5) is 11.8. The minimum absolute atomic E-state index is 0.246. The number of hydrogen-bond donors (Lipinski definition) is 2. The van der Waals surface area contributed by atoms with Crippen molar-refractivity contribution in [1.29, 1.82) is 0 Å². The van der Waals surface area contributed by atoms with E-state index in [1.165, 1.54) is 4.31 Å². The number of amides is 1. The Morgan fingerprint density at radius 1 is 1.27 bits per heavy atom. The molecule has 0 aliphatic carbocycles. The summed E-state index contributed by atoms with van der Waals surface area (Å²) in [5.74, 6) is 4.19. The molecule has 1 aliphatic heterocycles. The van der Waals surface area contributed by atoms with E-state index in [1.54, 1.807) is 7.11 Å². The van der Waals surface area contributed by atoms with Crippen molar-refractivity contribution in [3.05, 3.63) is 29.8 Å². The topological polar surface area (TPSA) is 110 Å². The van der Waals surface area contributed by atoms with E-state index in [0.717, 1.165) is 30.6 Å². The Labute approximate surface area is 179 Å². The zero-order valence-corrected chi connectivity index (χ0v) is 18.6. The highest BCUT2D eigenvalue weighted by Crippen LogP contribution is 2.30. The van der Waals surface area contributed by atoms with Gasteiger partial charge in [0.1, 0.15) is 11.5 Å². The summed E-state index contributed by atoms with van der Waals surface area (Å²) >= 11 is 0. The molecule has 8 heteroatoms. The average Bonchev–Trinajstić information content (AvgIpc) is 2.73. The fourth-order valence-electron chi connectivity index (χ4n) is 3.54. The van der Waals surface area contributed by atoms with Crippen LogP contribution < -0.4 is 10.5 Å². The first-order valence-electron chi connectivity index (χ1n) is 10.4. The van der Waals surface area contributed by atoms with Gasteiger partial charge in [-0.2, -0.15) is 0 Å². The van der Waals surface area contributed by atoms with Crippen LogP contribution in [0.2, 0.25) is 0 Å². The smallest absolute Gasteiger partial charge is 0.263 e. The van der Waals surface area contributed by atoms with E-state index >= 15 is 0 Å². The average molecular weight is 437 g/mol. The van der Waals surface area contributed by atoms with Gasteiger partial charge in [-0.3, -0.25) is 4.79 Å². The lowest BCUT2D eigenvalue weighted by Crippen LogP contribution is -2.52. The van der Waals surface area contributed by atoms with Crippen molar-refractivity contribution in [2.75, 3.05) is 26.0 Å². The molecule has 1 saturated heterocycles. The third-order valence-corrected chi connectivity index (χ3v) is 7.37. The molecule has 3 N–H and O–H groups in total. The molecule has 0 saturated carbocycles. The molecule has 2 rings (SSSR count). The van der Waals surface area contributed by atoms with E-state index in [1.807, 2.05) is 24.3 Å². The van der Waals surface area contributed by atoms with Crippen molar-refractivity contribution in [3.8, 4) is 17.6 Å². The third kappa shape index (κ3) is 6.46. The predicted molar refractivity (Wildman–Crippen MR) is 116 cm³/mol. The first-order valence-corrected chi connectivity index (χ1v) is 12.0. The van der Waals surface area contributed by atoms with E-state index in [-0.39, 0.29) is 5.92 Å². The number of hydrogen-bond acceptors (Lipinski definition) is 5. The third-order valence-electron chi connectivity index (χ3n) is 5.43. The number of benzene rings is 1. The van der Waals surface area contributed by atoms with Gasteiger partial charge in [0.15, 0.2) is 0 Å². The molecule has 1 unspecified atom stereocenters. The molecule has 0 spiro atoms. The standard InChI is InChI=1S/C22H32N2O5S/c1-3-4-5-6-7-14-22(26,21(23)25)17-30(27,28)24-15-12-19(13-16-24)18-8-10-20(29-2)11-9-18/h8-11,19,26H,3-6,12-13,15-17H2,1-2H3,(H2,23,25). The van der Waals surface area contributed by atoms with Crippen LogP contribution in [0, 0.1) is 11.8 Å². The minimum atomic E-state index is -3.89. The maximum absolute atomic E-state index is 12.8. The van der Waals surface area contributed by atoms with Crippen LogP contribution in [0.5, 0.6) is 5.75 Å². The number of nitrogens with two attached hydrogens (primary N) is 1. The quantitative estimate of drug-likeness (QED) is 0.454. The summed E-state index contributed by atoms with van der Waals surface area (Å²) in [7, 11) is -2.28. The van der Waals surface area contributed by atoms with Crippen molar-refractivity contribution in [2.24, 2.45) is 5.73 Å². The molecule has 1 aromatic rings. The highest BCUT2D eigenvalue weighted by molar-refractivity contribution is 7.89. The van der Waals surface area contributed by atoms with Gasteiger partial charge in [0.2, 0.25) is 15.6 Å². The van der Waals surface area contributed by atoms with Gasteiger partial charge in [-0.25, -0.2) is 12.7 Å².